The Balaban J connectivity index is -0.0000000750. The van der Waals surface area contributed by atoms with E-state index in [1.807, 2.05) is 0 Å². The van der Waals surface area contributed by atoms with Crippen LogP contribution in [0, 0.1) is 0 Å². The van der Waals surface area contributed by atoms with Crippen LogP contribution in [-0.4, -0.2) is 44.3 Å². The van der Waals surface area contributed by atoms with Crippen LogP contribution in [-0.2, 0) is 4.57 Å². The van der Waals surface area contributed by atoms with Crippen LogP contribution >= 0.6 is 7.82 Å². The molecule has 0 unspecified atom stereocenters. The maximum Gasteiger partial charge on any atom is 0.466 e. The van der Waals surface area contributed by atoms with Gasteiger partial charge in [0.25, 0.3) is 0 Å². The van der Waals surface area contributed by atoms with Crippen molar-refractivity contribution in [3.8, 4) is 0 Å². The van der Waals surface area contributed by atoms with Crippen molar-refractivity contribution in [2.24, 2.45) is 0 Å². The van der Waals surface area contributed by atoms with Gasteiger partial charge in [-0.05, 0) is 0 Å². The van der Waals surface area contributed by atoms with E-state index in [9.17, 15) is 0 Å². The molecule has 0 fully saturated rings. The Hall–Kier alpha value is 0.602. The van der Waals surface area contributed by atoms with Gasteiger partial charge in [0.05, 0.1) is 0 Å². The molecule has 0 saturated heterocycles. The summed E-state index contributed by atoms with van der Waals surface area (Å²) in [5.74, 6) is 0. The molecule has 52 valence electrons. The third kappa shape index (κ3) is 571. The van der Waals surface area contributed by atoms with E-state index in [1.54, 1.807) is 0 Å². The lowest BCUT2D eigenvalue weighted by Crippen LogP contribution is -1.66. The predicted octanol–water partition coefficient (Wildman–Crippen LogP) is -2.50. The van der Waals surface area contributed by atoms with Crippen LogP contribution in [0.5, 0.6) is 0 Å². The second-order valence-corrected chi connectivity index (χ2v) is 1.54. The predicted molar refractivity (Wildman–Crippen MR) is 32.3 cm³/mol. The van der Waals surface area contributed by atoms with Crippen LogP contribution in [0.2, 0.25) is 0 Å². The highest BCUT2D eigenvalue weighted by atomic mass is 31.2. The maximum atomic E-state index is 8.88. The van der Waals surface area contributed by atoms with E-state index in [0.717, 1.165) is 7.11 Å². The van der Waals surface area contributed by atoms with Gasteiger partial charge in [-0.3, -0.25) is 0 Å². The van der Waals surface area contributed by atoms with E-state index >= 15 is 0 Å². The molecule has 0 aromatic heterocycles. The molecule has 0 aliphatic heterocycles. The minimum absolute atomic E-state index is 0. The lowest BCUT2D eigenvalue weighted by atomic mass is 11.8. The fourth-order valence-corrected chi connectivity index (χ4v) is 0. The first-order chi connectivity index (χ1) is 3.00. The molecule has 0 aliphatic rings. The van der Waals surface area contributed by atoms with Gasteiger partial charge in [0, 0.05) is 7.11 Å². The van der Waals surface area contributed by atoms with Gasteiger partial charge < -0.3 is 19.8 Å². The molecule has 5 nitrogen and oxygen atoms in total. The van der Waals surface area contributed by atoms with Crippen LogP contribution < -0.4 is 0 Å². The van der Waals surface area contributed by atoms with Crippen molar-refractivity contribution in [2.45, 2.75) is 0 Å². The highest BCUT2D eigenvalue weighted by Crippen LogP contribution is 2.25. The van der Waals surface area contributed by atoms with Crippen molar-refractivity contribution in [1.29, 1.82) is 0 Å². The van der Waals surface area contributed by atoms with Crippen LogP contribution in [0.1, 0.15) is 0 Å². The summed E-state index contributed by atoms with van der Waals surface area (Å²) in [6, 6.07) is 0. The largest absolute Gasteiger partial charge is 0.466 e. The summed E-state index contributed by atoms with van der Waals surface area (Å²) in [7, 11) is -3.64. The van der Waals surface area contributed by atoms with Crippen molar-refractivity contribution in [3.63, 3.8) is 0 Å². The number of rotatable bonds is 0. The number of hydrogen-bond acceptors (Lipinski definition) is 2. The molecule has 0 bridgehead atoms. The molecule has 0 spiro atoms. The molecular weight excluding hydrogens is 150 g/mol. The third-order valence-corrected chi connectivity index (χ3v) is 0. The number of aliphatic hydroxyl groups excluding tert-OH is 1. The van der Waals surface area contributed by atoms with Gasteiger partial charge in [0.1, 0.15) is 0 Å². The summed E-state index contributed by atoms with van der Waals surface area (Å²) in [5.41, 5.74) is 0. The van der Waals surface area contributed by atoms with E-state index in [1.165, 1.54) is 0 Å². The lowest BCUT2D eigenvalue weighted by Gasteiger charge is -1.82. The van der Waals surface area contributed by atoms with E-state index in [0.29, 0.717) is 0 Å². The second kappa shape index (κ2) is 7.60. The third-order valence-electron chi connectivity index (χ3n) is 0. The van der Waals surface area contributed by atoms with Crippen molar-refractivity contribution in [1.82, 2.24) is 0 Å². The highest BCUT2D eigenvalue weighted by molar-refractivity contribution is 7.45. The molecule has 0 aromatic carbocycles. The second-order valence-electron chi connectivity index (χ2n) is 0.513. The molecule has 8 heavy (non-hydrogen) atoms. The van der Waals surface area contributed by atoms with Gasteiger partial charge in [0.15, 0.2) is 17.4 Å². The zero-order chi connectivity index (χ0) is 6.50. The minimum Gasteiger partial charge on any atom is -0.400 e. The van der Waals surface area contributed by atoms with Crippen LogP contribution in [0.3, 0.4) is 0 Å². The average molecular weight is 160 g/mol. The van der Waals surface area contributed by atoms with Crippen molar-refractivity contribution < 1.29 is 24.4 Å². The molecule has 0 rings (SSSR count). The maximum absolute atomic E-state index is 8.88. The Morgan fingerprint density at radius 2 is 1.12 bits per heavy atom. The fourth-order valence-electron chi connectivity index (χ4n) is 0. The van der Waals surface area contributed by atoms with Crippen LogP contribution in [0.15, 0.2) is 0 Å². The molecule has 0 aliphatic carbocycles. The van der Waals surface area contributed by atoms with Gasteiger partial charge in [-0.2, -0.15) is 0 Å². The van der Waals surface area contributed by atoms with Crippen molar-refractivity contribution >= 4 is 25.2 Å². The van der Waals surface area contributed by atoms with Gasteiger partial charge >= 0.3 is 7.82 Å². The summed E-state index contributed by atoms with van der Waals surface area (Å²) < 4.78 is 8.88. The van der Waals surface area contributed by atoms with Crippen LogP contribution in [0.4, 0.5) is 0 Å². The monoisotopic (exact) mass is 160 g/mol. The first-order valence-electron chi connectivity index (χ1n) is 1.23. The van der Waals surface area contributed by atoms with E-state index in [-0.39, 0.29) is 17.4 Å². The lowest BCUT2D eigenvalue weighted by molar-refractivity contribution is 0.275. The Morgan fingerprint density at radius 3 is 1.12 bits per heavy atom. The molecule has 0 amide bonds. The Labute approximate surface area is 57.3 Å². The smallest absolute Gasteiger partial charge is 0.400 e. The van der Waals surface area contributed by atoms with E-state index in [2.05, 4.69) is 0 Å². The van der Waals surface area contributed by atoms with Crippen LogP contribution in [0.25, 0.3) is 0 Å². The molecule has 0 saturated carbocycles. The summed E-state index contributed by atoms with van der Waals surface area (Å²) >= 11 is 0. The Morgan fingerprint density at radius 1 is 1.12 bits per heavy atom. The molecular formula is CH10AlO5P. The molecule has 4 N–H and O–H groups in total. The molecule has 0 aromatic rings. The molecule has 0 atom stereocenters. The summed E-state index contributed by atoms with van der Waals surface area (Å²) in [5, 5.41) is 7.00. The van der Waals surface area contributed by atoms with Gasteiger partial charge in [0.2, 0.25) is 0 Å². The highest BCUT2D eigenvalue weighted by Gasteiger charge is 2.00. The van der Waals surface area contributed by atoms with E-state index < -0.39 is 7.82 Å². The average Bonchev–Trinajstić information content (AvgIpc) is 1.36. The van der Waals surface area contributed by atoms with E-state index in [4.69, 9.17) is 24.4 Å². The summed E-state index contributed by atoms with van der Waals surface area (Å²) in [6.45, 7) is 0. The minimum atomic E-state index is -4.64. The summed E-state index contributed by atoms with van der Waals surface area (Å²) in [4.78, 5) is 21.6. The number of phosphoric acid groups is 1. The molecule has 0 radical (unpaired) electrons. The normalized spacial score (nSPS) is 8.12. The van der Waals surface area contributed by atoms with Gasteiger partial charge in [-0.25, -0.2) is 4.57 Å². The number of hydrogen-bond donors (Lipinski definition) is 4. The van der Waals surface area contributed by atoms with Crippen molar-refractivity contribution in [2.75, 3.05) is 7.11 Å². The first kappa shape index (κ1) is 15.8. The topological polar surface area (TPSA) is 98.0 Å². The van der Waals surface area contributed by atoms with Gasteiger partial charge in [-0.1, -0.05) is 0 Å². The zero-order valence-corrected chi connectivity index (χ0v) is 4.54. The van der Waals surface area contributed by atoms with Crippen molar-refractivity contribution in [3.05, 3.63) is 0 Å². The SMILES string of the molecule is CO.O=P(O)(O)O.[AlH3]. The fraction of sp³-hybridized carbons (Fsp3) is 1.00. The quantitative estimate of drug-likeness (QED) is 0.232. The Bertz CT molecular complexity index is 58.6. The number of aliphatic hydroxyl groups is 1. The molecule has 7 heteroatoms. The Kier molecular flexibility index (Phi) is 15.1. The van der Waals surface area contributed by atoms with Gasteiger partial charge in [-0.15, -0.1) is 0 Å². The summed E-state index contributed by atoms with van der Waals surface area (Å²) in [6.07, 6.45) is 0. The standard InChI is InChI=1S/CH4O.Al.H3O4P.3H/c1-2;;1-5(2,3)4;;;/h2H,1H3;;(H3,1,2,3,4);;;. The molecule has 0 heterocycles. The zero-order valence-electron chi connectivity index (χ0n) is 3.64. The first-order valence-corrected chi connectivity index (χ1v) is 2.79.